The number of aliphatic hydroxyl groups excluding tert-OH is 2. The first-order valence-corrected chi connectivity index (χ1v) is 10.3. The van der Waals surface area contributed by atoms with Crippen LogP contribution in [0.25, 0.3) is 0 Å². The minimum Gasteiger partial charge on any atom is -0.396 e. The molecule has 3 fully saturated rings. The van der Waals surface area contributed by atoms with Crippen molar-refractivity contribution in [1.82, 2.24) is 0 Å². The Morgan fingerprint density at radius 3 is 2.68 bits per heavy atom. The van der Waals surface area contributed by atoms with Crippen LogP contribution in [0.1, 0.15) is 65.7 Å². The van der Waals surface area contributed by atoms with Crippen LogP contribution < -0.4 is 0 Å². The van der Waals surface area contributed by atoms with Crippen LogP contribution in [0.4, 0.5) is 0 Å². The highest BCUT2D eigenvalue weighted by molar-refractivity contribution is 5.91. The fourth-order valence-corrected chi connectivity index (χ4v) is 7.63. The number of aliphatic hydroxyl groups is 2. The molecule has 0 unspecified atom stereocenters. The molecular formula is C22H34O3. The van der Waals surface area contributed by atoms with Gasteiger partial charge in [-0.2, -0.15) is 0 Å². The van der Waals surface area contributed by atoms with Crippen molar-refractivity contribution in [2.75, 3.05) is 6.61 Å². The van der Waals surface area contributed by atoms with E-state index in [-0.39, 0.29) is 29.3 Å². The Labute approximate surface area is 151 Å². The van der Waals surface area contributed by atoms with Gasteiger partial charge in [0.2, 0.25) is 0 Å². The predicted octanol–water partition coefficient (Wildman–Crippen LogP) is 3.73. The van der Waals surface area contributed by atoms with Crippen molar-refractivity contribution in [3.8, 4) is 0 Å². The normalized spacial score (nSPS) is 50.5. The fraction of sp³-hybridized carbons (Fsp3) is 0.864. The van der Waals surface area contributed by atoms with Crippen LogP contribution in [0.3, 0.4) is 0 Å². The van der Waals surface area contributed by atoms with E-state index in [0.717, 1.165) is 12.8 Å². The summed E-state index contributed by atoms with van der Waals surface area (Å²) in [5.41, 5.74) is 1.59. The van der Waals surface area contributed by atoms with E-state index < -0.39 is 0 Å². The second-order valence-electron chi connectivity index (χ2n) is 10.0. The van der Waals surface area contributed by atoms with Crippen molar-refractivity contribution >= 4 is 5.78 Å². The molecule has 4 aliphatic rings. The number of rotatable bonds is 2. The minimum atomic E-state index is -0.303. The molecule has 0 aromatic rings. The Balaban J connectivity index is 1.68. The molecule has 140 valence electrons. The maximum atomic E-state index is 11.9. The van der Waals surface area contributed by atoms with E-state index in [1.807, 2.05) is 6.08 Å². The van der Waals surface area contributed by atoms with E-state index in [1.54, 1.807) is 0 Å². The van der Waals surface area contributed by atoms with Crippen LogP contribution >= 0.6 is 0 Å². The van der Waals surface area contributed by atoms with Crippen LogP contribution in [-0.2, 0) is 4.79 Å². The standard InChI is InChI=1S/C22H34O3/c1-13(12-23)16-4-5-17-20-18(7-9-22(16,17)3)21(2)8-6-15(24)10-14(21)11-19(20)25/h10,13,16-20,23,25H,4-9,11-12H2,1-3H3/t13-,16-,17+,18+,19+,20+,21+,22-/m1/s1. The number of carbonyl (C=O) groups is 1. The van der Waals surface area contributed by atoms with E-state index in [2.05, 4.69) is 20.8 Å². The van der Waals surface area contributed by atoms with Gasteiger partial charge in [-0.15, -0.1) is 0 Å². The monoisotopic (exact) mass is 346 g/mol. The zero-order chi connectivity index (χ0) is 18.0. The molecule has 25 heavy (non-hydrogen) atoms. The summed E-state index contributed by atoms with van der Waals surface area (Å²) < 4.78 is 0. The van der Waals surface area contributed by atoms with E-state index in [9.17, 15) is 15.0 Å². The molecule has 0 heterocycles. The molecule has 0 aliphatic heterocycles. The lowest BCUT2D eigenvalue weighted by atomic mass is 9.46. The highest BCUT2D eigenvalue weighted by Crippen LogP contribution is 2.67. The van der Waals surface area contributed by atoms with E-state index in [4.69, 9.17) is 0 Å². The summed E-state index contributed by atoms with van der Waals surface area (Å²) in [5, 5.41) is 20.8. The molecule has 3 heteroatoms. The molecule has 0 aromatic carbocycles. The van der Waals surface area contributed by atoms with Gasteiger partial charge in [0, 0.05) is 13.0 Å². The topological polar surface area (TPSA) is 57.5 Å². The van der Waals surface area contributed by atoms with Crippen LogP contribution in [0, 0.1) is 40.4 Å². The highest BCUT2D eigenvalue weighted by Gasteiger charge is 2.61. The number of carbonyl (C=O) groups excluding carboxylic acids is 1. The molecule has 0 radical (unpaired) electrons. The van der Waals surface area contributed by atoms with Crippen LogP contribution in [-0.4, -0.2) is 28.7 Å². The van der Waals surface area contributed by atoms with Gasteiger partial charge in [0.1, 0.15) is 0 Å². The van der Waals surface area contributed by atoms with Gasteiger partial charge < -0.3 is 10.2 Å². The molecule has 2 N–H and O–H groups in total. The van der Waals surface area contributed by atoms with E-state index >= 15 is 0 Å². The Hall–Kier alpha value is -0.670. The van der Waals surface area contributed by atoms with Gasteiger partial charge in [0.15, 0.2) is 5.78 Å². The molecule has 4 rings (SSSR count). The Morgan fingerprint density at radius 2 is 1.96 bits per heavy atom. The second kappa shape index (κ2) is 5.92. The number of hydrogen-bond acceptors (Lipinski definition) is 3. The van der Waals surface area contributed by atoms with Crippen molar-refractivity contribution < 1.29 is 15.0 Å². The molecule has 0 amide bonds. The maximum absolute atomic E-state index is 11.9. The molecule has 3 nitrogen and oxygen atoms in total. The molecule has 0 aromatic heterocycles. The van der Waals surface area contributed by atoms with Crippen LogP contribution in [0.2, 0.25) is 0 Å². The Kier molecular flexibility index (Phi) is 4.20. The Morgan fingerprint density at radius 1 is 1.20 bits per heavy atom. The molecule has 3 saturated carbocycles. The summed E-state index contributed by atoms with van der Waals surface area (Å²) in [6, 6.07) is 0. The Bertz CT molecular complexity index is 596. The molecule has 0 spiro atoms. The summed E-state index contributed by atoms with van der Waals surface area (Å²) >= 11 is 0. The van der Waals surface area contributed by atoms with Gasteiger partial charge in [-0.3, -0.25) is 4.79 Å². The molecule has 0 bridgehead atoms. The first-order valence-electron chi connectivity index (χ1n) is 10.3. The fourth-order valence-electron chi connectivity index (χ4n) is 7.63. The molecular weight excluding hydrogens is 312 g/mol. The van der Waals surface area contributed by atoms with E-state index in [0.29, 0.717) is 42.4 Å². The predicted molar refractivity (Wildman–Crippen MR) is 97.8 cm³/mol. The van der Waals surface area contributed by atoms with Gasteiger partial charge >= 0.3 is 0 Å². The van der Waals surface area contributed by atoms with Gasteiger partial charge in [0.05, 0.1) is 6.10 Å². The zero-order valence-electron chi connectivity index (χ0n) is 16.0. The van der Waals surface area contributed by atoms with Crippen molar-refractivity contribution in [2.24, 2.45) is 40.4 Å². The quantitative estimate of drug-likeness (QED) is 0.801. The second-order valence-corrected chi connectivity index (χ2v) is 10.0. The first kappa shape index (κ1) is 17.7. The average molecular weight is 347 g/mol. The zero-order valence-corrected chi connectivity index (χ0v) is 16.0. The number of ketones is 1. The first-order chi connectivity index (χ1) is 11.8. The summed E-state index contributed by atoms with van der Waals surface area (Å²) in [4.78, 5) is 11.9. The maximum Gasteiger partial charge on any atom is 0.155 e. The smallest absolute Gasteiger partial charge is 0.155 e. The third-order valence-electron chi connectivity index (χ3n) is 9.03. The molecule has 8 atom stereocenters. The minimum absolute atomic E-state index is 0.111. The van der Waals surface area contributed by atoms with Gasteiger partial charge in [0.25, 0.3) is 0 Å². The van der Waals surface area contributed by atoms with Gasteiger partial charge in [-0.1, -0.05) is 26.3 Å². The lowest BCUT2D eigenvalue weighted by molar-refractivity contribution is -0.125. The SMILES string of the molecule is C[C@H](CO)[C@H]1CC[C@H]2[C@@H]3[C@@H](O)CC4=CC(=O)CC[C@]4(C)[C@H]3CC[C@]12C. The summed E-state index contributed by atoms with van der Waals surface area (Å²) in [6.07, 6.45) is 8.63. The number of hydrogen-bond donors (Lipinski definition) is 2. The summed E-state index contributed by atoms with van der Waals surface area (Å²) in [6.45, 7) is 7.26. The average Bonchev–Trinajstić information content (AvgIpc) is 2.93. The highest BCUT2D eigenvalue weighted by atomic mass is 16.3. The van der Waals surface area contributed by atoms with Crippen molar-refractivity contribution in [2.45, 2.75) is 71.8 Å². The van der Waals surface area contributed by atoms with Gasteiger partial charge in [-0.05, 0) is 85.0 Å². The lowest BCUT2D eigenvalue weighted by Gasteiger charge is -2.59. The van der Waals surface area contributed by atoms with E-state index in [1.165, 1.54) is 24.8 Å². The third-order valence-corrected chi connectivity index (χ3v) is 9.03. The summed E-state index contributed by atoms with van der Waals surface area (Å²) in [5.74, 6) is 2.62. The van der Waals surface area contributed by atoms with Crippen LogP contribution in [0.15, 0.2) is 11.6 Å². The van der Waals surface area contributed by atoms with Crippen LogP contribution in [0.5, 0.6) is 0 Å². The molecule has 4 aliphatic carbocycles. The lowest BCUT2D eigenvalue weighted by Crippen LogP contribution is -2.55. The third kappa shape index (κ3) is 2.41. The summed E-state index contributed by atoms with van der Waals surface area (Å²) in [7, 11) is 0. The van der Waals surface area contributed by atoms with Crippen molar-refractivity contribution in [3.05, 3.63) is 11.6 Å². The largest absolute Gasteiger partial charge is 0.396 e. The van der Waals surface area contributed by atoms with Crippen molar-refractivity contribution in [1.29, 1.82) is 0 Å². The van der Waals surface area contributed by atoms with Gasteiger partial charge in [-0.25, -0.2) is 0 Å². The number of fused-ring (bicyclic) bond motifs is 5. The van der Waals surface area contributed by atoms with Crippen molar-refractivity contribution in [3.63, 3.8) is 0 Å². The molecule has 0 saturated heterocycles.